The van der Waals surface area contributed by atoms with Crippen LogP contribution >= 0.6 is 0 Å². The number of hydrogen-bond donors (Lipinski definition) is 0. The maximum absolute atomic E-state index is 11.9. The third-order valence-electron chi connectivity index (χ3n) is 2.90. The Bertz CT molecular complexity index is 480. The minimum Gasteiger partial charge on any atom is -0.462 e. The molecule has 2 heterocycles. The van der Waals surface area contributed by atoms with Crippen molar-refractivity contribution in [1.82, 2.24) is 4.98 Å². The highest BCUT2D eigenvalue weighted by Crippen LogP contribution is 2.20. The molecule has 6 heteroatoms. The molecule has 0 N–H and O–H groups in total. The lowest BCUT2D eigenvalue weighted by Gasteiger charge is -2.18. The molecular weight excluding hydrogens is 262 g/mol. The molecule has 2 rings (SSSR count). The van der Waals surface area contributed by atoms with Gasteiger partial charge in [0.2, 0.25) is 0 Å². The number of carbonyl (C=O) groups excluding carboxylic acids is 2. The monoisotopic (exact) mass is 279 g/mol. The highest BCUT2D eigenvalue weighted by atomic mass is 16.5. The van der Waals surface area contributed by atoms with Gasteiger partial charge in [0.25, 0.3) is 0 Å². The number of carbonyl (C=O) groups is 2. The second-order valence-corrected chi connectivity index (χ2v) is 4.23. The summed E-state index contributed by atoms with van der Waals surface area (Å²) in [5.41, 5.74) is 1.74. The van der Waals surface area contributed by atoms with Crippen molar-refractivity contribution in [3.8, 4) is 0 Å². The Balaban J connectivity index is 2.45. The fourth-order valence-electron chi connectivity index (χ4n) is 2.00. The van der Waals surface area contributed by atoms with Crippen molar-refractivity contribution in [2.24, 2.45) is 0 Å². The summed E-state index contributed by atoms with van der Waals surface area (Å²) in [5.74, 6) is -1.18. The lowest BCUT2D eigenvalue weighted by molar-refractivity contribution is 0.0470. The normalized spacial score (nSPS) is 13.5. The Kier molecular flexibility index (Phi) is 4.68. The van der Waals surface area contributed by atoms with Gasteiger partial charge in [-0.1, -0.05) is 0 Å². The second kappa shape index (κ2) is 6.47. The van der Waals surface area contributed by atoms with E-state index in [4.69, 9.17) is 14.2 Å². The second-order valence-electron chi connectivity index (χ2n) is 4.23. The van der Waals surface area contributed by atoms with Crippen molar-refractivity contribution in [3.05, 3.63) is 28.6 Å². The van der Waals surface area contributed by atoms with Crippen LogP contribution in [0.25, 0.3) is 0 Å². The highest BCUT2D eigenvalue weighted by Gasteiger charge is 2.25. The average molecular weight is 279 g/mol. The molecule has 0 radical (unpaired) electrons. The van der Waals surface area contributed by atoms with E-state index < -0.39 is 11.9 Å². The summed E-state index contributed by atoms with van der Waals surface area (Å²) in [6.45, 7) is 4.81. The van der Waals surface area contributed by atoms with E-state index in [0.29, 0.717) is 19.6 Å². The summed E-state index contributed by atoms with van der Waals surface area (Å²) in [4.78, 5) is 28.2. The SMILES string of the molecule is CCOC(=O)c1cc2c(nc1C(=O)OCC)CCOC2. The van der Waals surface area contributed by atoms with Gasteiger partial charge in [-0.3, -0.25) is 0 Å². The topological polar surface area (TPSA) is 74.7 Å². The van der Waals surface area contributed by atoms with Crippen molar-refractivity contribution in [2.45, 2.75) is 26.9 Å². The fourth-order valence-corrected chi connectivity index (χ4v) is 2.00. The molecule has 0 amide bonds. The highest BCUT2D eigenvalue weighted by molar-refractivity contribution is 6.02. The molecule has 0 saturated heterocycles. The summed E-state index contributed by atoms with van der Waals surface area (Å²) in [5, 5.41) is 0. The number of hydrogen-bond acceptors (Lipinski definition) is 6. The molecule has 0 unspecified atom stereocenters. The number of aromatic nitrogens is 1. The van der Waals surface area contributed by atoms with Gasteiger partial charge in [0.05, 0.1) is 32.0 Å². The molecule has 0 aliphatic carbocycles. The predicted octanol–water partition coefficient (Wildman–Crippen LogP) is 1.51. The Morgan fingerprint density at radius 2 is 1.95 bits per heavy atom. The summed E-state index contributed by atoms with van der Waals surface area (Å²) in [6.07, 6.45) is 0.616. The smallest absolute Gasteiger partial charge is 0.357 e. The first-order chi connectivity index (χ1) is 9.67. The number of esters is 2. The summed E-state index contributed by atoms with van der Waals surface area (Å²) in [7, 11) is 0. The van der Waals surface area contributed by atoms with E-state index in [-0.39, 0.29) is 24.5 Å². The fraction of sp³-hybridized carbons (Fsp3) is 0.500. The number of pyridine rings is 1. The molecule has 0 fully saturated rings. The minimum atomic E-state index is -0.607. The van der Waals surface area contributed by atoms with Crippen LogP contribution < -0.4 is 0 Å². The summed E-state index contributed by atoms with van der Waals surface area (Å²) < 4.78 is 15.2. The largest absolute Gasteiger partial charge is 0.462 e. The third kappa shape index (κ3) is 2.96. The zero-order chi connectivity index (χ0) is 14.5. The van der Waals surface area contributed by atoms with Gasteiger partial charge < -0.3 is 14.2 Å². The van der Waals surface area contributed by atoms with Gasteiger partial charge in [0, 0.05) is 17.7 Å². The lowest BCUT2D eigenvalue weighted by atomic mass is 10.0. The van der Waals surface area contributed by atoms with Crippen LogP contribution in [0.5, 0.6) is 0 Å². The first-order valence-corrected chi connectivity index (χ1v) is 6.62. The van der Waals surface area contributed by atoms with Gasteiger partial charge in [-0.05, 0) is 19.9 Å². The maximum Gasteiger partial charge on any atom is 0.357 e. The van der Waals surface area contributed by atoms with Gasteiger partial charge in [0.15, 0.2) is 5.69 Å². The Labute approximate surface area is 117 Å². The first-order valence-electron chi connectivity index (χ1n) is 6.62. The molecule has 0 aromatic carbocycles. The molecular formula is C14H17NO5. The van der Waals surface area contributed by atoms with E-state index in [2.05, 4.69) is 4.98 Å². The minimum absolute atomic E-state index is 0.0194. The van der Waals surface area contributed by atoms with Gasteiger partial charge in [-0.2, -0.15) is 0 Å². The Morgan fingerprint density at radius 3 is 2.65 bits per heavy atom. The molecule has 6 nitrogen and oxygen atoms in total. The van der Waals surface area contributed by atoms with Crippen LogP contribution in [-0.4, -0.2) is 36.7 Å². The van der Waals surface area contributed by atoms with Crippen molar-refractivity contribution < 1.29 is 23.8 Å². The third-order valence-corrected chi connectivity index (χ3v) is 2.90. The lowest BCUT2D eigenvalue weighted by Crippen LogP contribution is -2.21. The molecule has 0 bridgehead atoms. The van der Waals surface area contributed by atoms with Crippen LogP contribution in [-0.2, 0) is 27.2 Å². The number of ether oxygens (including phenoxy) is 3. The van der Waals surface area contributed by atoms with Crippen molar-refractivity contribution in [1.29, 1.82) is 0 Å². The zero-order valence-electron chi connectivity index (χ0n) is 11.6. The number of fused-ring (bicyclic) bond motifs is 1. The maximum atomic E-state index is 11.9. The molecule has 0 saturated carbocycles. The van der Waals surface area contributed by atoms with E-state index >= 15 is 0 Å². The first kappa shape index (κ1) is 14.5. The zero-order valence-corrected chi connectivity index (χ0v) is 11.6. The van der Waals surface area contributed by atoms with Gasteiger partial charge >= 0.3 is 11.9 Å². The van der Waals surface area contributed by atoms with Crippen LogP contribution in [0.15, 0.2) is 6.07 Å². The van der Waals surface area contributed by atoms with E-state index in [0.717, 1.165) is 11.3 Å². The average Bonchev–Trinajstić information content (AvgIpc) is 2.46. The molecule has 20 heavy (non-hydrogen) atoms. The summed E-state index contributed by atoms with van der Waals surface area (Å²) >= 11 is 0. The van der Waals surface area contributed by atoms with Crippen molar-refractivity contribution in [3.63, 3.8) is 0 Å². The van der Waals surface area contributed by atoms with Crippen molar-refractivity contribution >= 4 is 11.9 Å². The molecule has 1 aliphatic heterocycles. The van der Waals surface area contributed by atoms with E-state index in [1.54, 1.807) is 19.9 Å². The molecule has 1 aromatic rings. The van der Waals surface area contributed by atoms with Crippen LogP contribution in [0.3, 0.4) is 0 Å². The standard InChI is InChI=1S/C14H17NO5/c1-3-19-13(16)10-7-9-8-18-6-5-11(9)15-12(10)14(17)20-4-2/h7H,3-6,8H2,1-2H3. The van der Waals surface area contributed by atoms with Crippen LogP contribution in [0, 0.1) is 0 Å². The molecule has 1 aliphatic rings. The molecule has 1 aromatic heterocycles. The number of nitrogens with zero attached hydrogens (tertiary/aromatic N) is 1. The van der Waals surface area contributed by atoms with E-state index in [9.17, 15) is 9.59 Å². The van der Waals surface area contributed by atoms with Gasteiger partial charge in [-0.25, -0.2) is 14.6 Å². The molecule has 0 atom stereocenters. The van der Waals surface area contributed by atoms with E-state index in [1.807, 2.05) is 0 Å². The van der Waals surface area contributed by atoms with Crippen LogP contribution in [0.1, 0.15) is 46.0 Å². The summed E-state index contributed by atoms with van der Waals surface area (Å²) in [6, 6.07) is 1.62. The Hall–Kier alpha value is -1.95. The Morgan fingerprint density at radius 1 is 1.25 bits per heavy atom. The number of rotatable bonds is 4. The quantitative estimate of drug-likeness (QED) is 0.778. The predicted molar refractivity (Wildman–Crippen MR) is 69.5 cm³/mol. The van der Waals surface area contributed by atoms with Gasteiger partial charge in [-0.15, -0.1) is 0 Å². The van der Waals surface area contributed by atoms with Crippen LogP contribution in [0.4, 0.5) is 0 Å². The molecule has 108 valence electrons. The van der Waals surface area contributed by atoms with Gasteiger partial charge in [0.1, 0.15) is 0 Å². The molecule has 0 spiro atoms. The van der Waals surface area contributed by atoms with E-state index in [1.165, 1.54) is 0 Å². The van der Waals surface area contributed by atoms with Crippen molar-refractivity contribution in [2.75, 3.05) is 19.8 Å². The van der Waals surface area contributed by atoms with Crippen LogP contribution in [0.2, 0.25) is 0 Å².